The summed E-state index contributed by atoms with van der Waals surface area (Å²) in [5.41, 5.74) is 6.57. The fourth-order valence-corrected chi connectivity index (χ4v) is 3.89. The second kappa shape index (κ2) is 11.9. The molecule has 0 aromatic heterocycles. The maximum atomic E-state index is 12.2. The second-order valence-electron chi connectivity index (χ2n) is 7.09. The van der Waals surface area contributed by atoms with Gasteiger partial charge in [-0.3, -0.25) is 4.79 Å². The van der Waals surface area contributed by atoms with E-state index in [1.165, 1.54) is 5.56 Å². The first-order valence-electron chi connectivity index (χ1n) is 10.1. The van der Waals surface area contributed by atoms with E-state index in [0.717, 1.165) is 26.7 Å². The van der Waals surface area contributed by atoms with Gasteiger partial charge in [0.05, 0.1) is 23.3 Å². The molecule has 0 radical (unpaired) electrons. The number of benzene rings is 3. The van der Waals surface area contributed by atoms with Crippen molar-refractivity contribution in [2.45, 2.75) is 26.4 Å². The molecule has 166 valence electrons. The number of carbonyl (C=O) groups is 1. The van der Waals surface area contributed by atoms with Crippen molar-refractivity contribution in [1.82, 2.24) is 5.43 Å². The maximum Gasteiger partial charge on any atom is 0.244 e. The van der Waals surface area contributed by atoms with Crippen LogP contribution in [0.3, 0.4) is 0 Å². The van der Waals surface area contributed by atoms with Crippen molar-refractivity contribution in [1.29, 1.82) is 0 Å². The monoisotopic (exact) mass is 562 g/mol. The van der Waals surface area contributed by atoms with Crippen molar-refractivity contribution >= 4 is 46.3 Å². The summed E-state index contributed by atoms with van der Waals surface area (Å²) in [6.45, 7) is 2.50. The highest BCUT2D eigenvalue weighted by molar-refractivity contribution is 14.1. The smallest absolute Gasteiger partial charge is 0.244 e. The molecule has 3 aromatic carbocycles. The minimum atomic E-state index is -0.171. The van der Waals surface area contributed by atoms with Gasteiger partial charge in [-0.15, -0.1) is 0 Å². The molecule has 0 unspecified atom stereocenters. The highest BCUT2D eigenvalue weighted by atomic mass is 127. The van der Waals surface area contributed by atoms with E-state index in [1.54, 1.807) is 13.3 Å². The number of methoxy groups -OCH3 is 1. The van der Waals surface area contributed by atoms with Gasteiger partial charge in [0.2, 0.25) is 5.91 Å². The molecule has 0 atom stereocenters. The van der Waals surface area contributed by atoms with Crippen LogP contribution >= 0.6 is 34.2 Å². The van der Waals surface area contributed by atoms with Crippen molar-refractivity contribution in [2.75, 3.05) is 7.11 Å². The third-order valence-corrected chi connectivity index (χ3v) is 5.80. The van der Waals surface area contributed by atoms with Crippen LogP contribution in [0.25, 0.3) is 0 Å². The van der Waals surface area contributed by atoms with E-state index >= 15 is 0 Å². The summed E-state index contributed by atoms with van der Waals surface area (Å²) in [6, 6.07) is 19.3. The van der Waals surface area contributed by atoms with Crippen LogP contribution in [-0.4, -0.2) is 19.2 Å². The van der Waals surface area contributed by atoms with Crippen molar-refractivity contribution in [2.24, 2.45) is 5.10 Å². The predicted octanol–water partition coefficient (Wildman–Crippen LogP) is 5.79. The number of amides is 1. The van der Waals surface area contributed by atoms with E-state index < -0.39 is 0 Å². The largest absolute Gasteiger partial charge is 0.493 e. The average molecular weight is 563 g/mol. The molecule has 1 N–H and O–H groups in total. The summed E-state index contributed by atoms with van der Waals surface area (Å²) >= 11 is 8.13. The molecule has 0 saturated heterocycles. The molecule has 0 bridgehead atoms. The normalized spacial score (nSPS) is 10.9. The topological polar surface area (TPSA) is 59.9 Å². The first-order chi connectivity index (χ1) is 15.5. The Hall–Kier alpha value is -2.58. The van der Waals surface area contributed by atoms with E-state index in [0.29, 0.717) is 23.1 Å². The Labute approximate surface area is 206 Å². The minimum Gasteiger partial charge on any atom is -0.493 e. The van der Waals surface area contributed by atoms with E-state index in [9.17, 15) is 4.79 Å². The van der Waals surface area contributed by atoms with Gasteiger partial charge in [-0.1, -0.05) is 54.9 Å². The van der Waals surface area contributed by atoms with Gasteiger partial charge < -0.3 is 9.47 Å². The van der Waals surface area contributed by atoms with E-state index in [4.69, 9.17) is 21.1 Å². The number of rotatable bonds is 9. The molecule has 0 saturated carbocycles. The summed E-state index contributed by atoms with van der Waals surface area (Å²) in [7, 11) is 1.59. The number of hydrazone groups is 1. The number of halogens is 2. The summed E-state index contributed by atoms with van der Waals surface area (Å²) in [4.78, 5) is 12.2. The van der Waals surface area contributed by atoms with Gasteiger partial charge in [-0.05, 0) is 75.5 Å². The Bertz CT molecular complexity index is 1080. The van der Waals surface area contributed by atoms with Crippen molar-refractivity contribution in [3.63, 3.8) is 0 Å². The zero-order valence-corrected chi connectivity index (χ0v) is 20.8. The highest BCUT2D eigenvalue weighted by Gasteiger charge is 2.12. The standard InChI is InChI=1S/C25H24ClIN2O3/c1-3-17-4-6-18(7-5-17)14-24(30)29-28-15-20-12-22(27)25(23(13-20)31-2)32-16-19-8-10-21(26)11-9-19/h4-13,15H,3,14,16H2,1-2H3,(H,29,30)/b28-15+. The van der Waals surface area contributed by atoms with Gasteiger partial charge in [0.15, 0.2) is 11.5 Å². The van der Waals surface area contributed by atoms with E-state index in [-0.39, 0.29) is 12.3 Å². The Kier molecular flexibility index (Phi) is 8.93. The number of nitrogens with one attached hydrogen (secondary N) is 1. The molecule has 0 aliphatic heterocycles. The molecule has 5 nitrogen and oxygen atoms in total. The summed E-state index contributed by atoms with van der Waals surface area (Å²) in [6.07, 6.45) is 2.84. The molecule has 7 heteroatoms. The lowest BCUT2D eigenvalue weighted by Crippen LogP contribution is -2.19. The first kappa shape index (κ1) is 24.1. The first-order valence-corrected chi connectivity index (χ1v) is 11.6. The van der Waals surface area contributed by atoms with E-state index in [2.05, 4.69) is 40.0 Å². The lowest BCUT2D eigenvalue weighted by atomic mass is 10.1. The van der Waals surface area contributed by atoms with Gasteiger partial charge in [0, 0.05) is 5.02 Å². The molecule has 32 heavy (non-hydrogen) atoms. The Morgan fingerprint density at radius 3 is 2.38 bits per heavy atom. The summed E-state index contributed by atoms with van der Waals surface area (Å²) in [5.74, 6) is 1.07. The van der Waals surface area contributed by atoms with Gasteiger partial charge >= 0.3 is 0 Å². The van der Waals surface area contributed by atoms with E-state index in [1.807, 2.05) is 60.7 Å². The Morgan fingerprint density at radius 1 is 1.06 bits per heavy atom. The zero-order valence-electron chi connectivity index (χ0n) is 17.9. The van der Waals surface area contributed by atoms with Crippen LogP contribution < -0.4 is 14.9 Å². The third-order valence-electron chi connectivity index (χ3n) is 4.75. The molecular weight excluding hydrogens is 539 g/mol. The van der Waals surface area contributed by atoms with Crippen molar-refractivity contribution < 1.29 is 14.3 Å². The zero-order chi connectivity index (χ0) is 22.9. The molecule has 0 aliphatic rings. The molecule has 3 aromatic rings. The molecule has 0 aliphatic carbocycles. The molecular formula is C25H24ClIN2O3. The number of hydrogen-bond acceptors (Lipinski definition) is 4. The molecule has 0 spiro atoms. The van der Waals surface area contributed by atoms with Crippen LogP contribution in [0.15, 0.2) is 65.8 Å². The number of carbonyl (C=O) groups excluding carboxylic acids is 1. The molecule has 0 fully saturated rings. The molecule has 3 rings (SSSR count). The van der Waals surface area contributed by atoms with Gasteiger partial charge in [-0.2, -0.15) is 5.10 Å². The number of nitrogens with zero attached hydrogens (tertiary/aromatic N) is 1. The van der Waals surface area contributed by atoms with Crippen LogP contribution in [-0.2, 0) is 24.2 Å². The number of ether oxygens (including phenoxy) is 2. The fourth-order valence-electron chi connectivity index (χ4n) is 2.99. The summed E-state index contributed by atoms with van der Waals surface area (Å²) in [5, 5.41) is 4.77. The quantitative estimate of drug-likeness (QED) is 0.204. The third kappa shape index (κ3) is 6.97. The lowest BCUT2D eigenvalue weighted by molar-refractivity contribution is -0.120. The summed E-state index contributed by atoms with van der Waals surface area (Å²) < 4.78 is 12.3. The number of aryl methyl sites for hydroxylation is 1. The Morgan fingerprint density at radius 2 is 1.72 bits per heavy atom. The Balaban J connectivity index is 1.60. The molecule has 1 amide bonds. The van der Waals surface area contributed by atoms with Crippen molar-refractivity contribution in [3.8, 4) is 11.5 Å². The SMILES string of the molecule is CCc1ccc(CC(=O)N/N=C/c2cc(I)c(OCc3ccc(Cl)cc3)c(OC)c2)cc1. The van der Waals surface area contributed by atoms with Crippen LogP contribution in [0.1, 0.15) is 29.2 Å². The highest BCUT2D eigenvalue weighted by Crippen LogP contribution is 2.34. The molecule has 0 heterocycles. The van der Waals surface area contributed by atoms with Gasteiger partial charge in [0.1, 0.15) is 6.61 Å². The van der Waals surface area contributed by atoms with Crippen LogP contribution in [0.4, 0.5) is 0 Å². The van der Waals surface area contributed by atoms with Gasteiger partial charge in [-0.25, -0.2) is 5.43 Å². The number of hydrogen-bond donors (Lipinski definition) is 1. The van der Waals surface area contributed by atoms with Crippen molar-refractivity contribution in [3.05, 3.63) is 91.5 Å². The van der Waals surface area contributed by atoms with Crippen LogP contribution in [0, 0.1) is 3.57 Å². The predicted molar refractivity (Wildman–Crippen MR) is 137 cm³/mol. The minimum absolute atomic E-state index is 0.171. The maximum absolute atomic E-state index is 12.2. The fraction of sp³-hybridized carbons (Fsp3) is 0.200. The van der Waals surface area contributed by atoms with Crippen LogP contribution in [0.5, 0.6) is 11.5 Å². The second-order valence-corrected chi connectivity index (χ2v) is 8.69. The van der Waals surface area contributed by atoms with Crippen LogP contribution in [0.2, 0.25) is 5.02 Å². The average Bonchev–Trinajstić information content (AvgIpc) is 2.79. The lowest BCUT2D eigenvalue weighted by Gasteiger charge is -2.13. The van der Waals surface area contributed by atoms with Gasteiger partial charge in [0.25, 0.3) is 0 Å².